The molecule has 2 aliphatic rings. The molecule has 0 saturated heterocycles. The Hall–Kier alpha value is -3.99. The maximum atomic E-state index is 6.71. The van der Waals surface area contributed by atoms with Crippen molar-refractivity contribution < 1.29 is 14.0 Å². The smallest absolute Gasteiger partial charge is 0.260 e. The van der Waals surface area contributed by atoms with Gasteiger partial charge in [0.25, 0.3) is 12.5 Å². The van der Waals surface area contributed by atoms with Crippen molar-refractivity contribution in [1.82, 2.24) is 4.57 Å². The molecule has 0 N–H and O–H groups in total. The lowest BCUT2D eigenvalue weighted by atomic mass is 9.35. The zero-order chi connectivity index (χ0) is 22.3. The van der Waals surface area contributed by atoms with Gasteiger partial charge < -0.3 is 9.47 Å². The topological polar surface area (TPSA) is 27.3 Å². The van der Waals surface area contributed by atoms with E-state index in [1.165, 1.54) is 22.2 Å². The number of aryl methyl sites for hydroxylation is 2. The molecule has 0 spiro atoms. The van der Waals surface area contributed by atoms with Gasteiger partial charge in [-0.05, 0) is 53.7 Å². The fourth-order valence-corrected chi connectivity index (χ4v) is 5.50. The van der Waals surface area contributed by atoms with E-state index in [0.29, 0.717) is 0 Å². The summed E-state index contributed by atoms with van der Waals surface area (Å²) in [6.45, 7) is 4.39. The van der Waals surface area contributed by atoms with Gasteiger partial charge in [-0.2, -0.15) is 4.57 Å². The van der Waals surface area contributed by atoms with Crippen LogP contribution in [0.5, 0.6) is 23.0 Å². The Morgan fingerprint density at radius 3 is 2.30 bits per heavy atom. The van der Waals surface area contributed by atoms with Crippen LogP contribution in [0.25, 0.3) is 16.7 Å². The molecule has 0 unspecified atom stereocenters. The number of nitrogens with zero attached hydrogens (tertiary/aromatic N) is 2. The highest BCUT2D eigenvalue weighted by atomic mass is 16.5. The minimum atomic E-state index is 0.0696. The van der Waals surface area contributed by atoms with Crippen LogP contribution in [0.4, 0.5) is 0 Å². The predicted molar refractivity (Wildman–Crippen MR) is 132 cm³/mol. The number of fused-ring (bicyclic) bond motifs is 6. The fraction of sp³-hybridized carbons (Fsp3) is 0.107. The van der Waals surface area contributed by atoms with Gasteiger partial charge in [-0.25, -0.2) is 4.57 Å². The lowest BCUT2D eigenvalue weighted by Gasteiger charge is -2.32. The van der Waals surface area contributed by atoms with Crippen molar-refractivity contribution >= 4 is 34.1 Å². The van der Waals surface area contributed by atoms with E-state index in [1.54, 1.807) is 0 Å². The van der Waals surface area contributed by atoms with E-state index in [0.717, 1.165) is 45.3 Å². The van der Waals surface area contributed by atoms with E-state index in [1.807, 2.05) is 18.2 Å². The first-order valence-corrected chi connectivity index (χ1v) is 11.3. The van der Waals surface area contributed by atoms with Gasteiger partial charge in [0.15, 0.2) is 11.3 Å². The summed E-state index contributed by atoms with van der Waals surface area (Å²) < 4.78 is 17.6. The van der Waals surface area contributed by atoms with Crippen molar-refractivity contribution in [2.45, 2.75) is 13.8 Å². The normalized spacial score (nSPS) is 13.1. The van der Waals surface area contributed by atoms with E-state index in [2.05, 4.69) is 90.7 Å². The predicted octanol–water partition coefficient (Wildman–Crippen LogP) is 3.80. The van der Waals surface area contributed by atoms with Crippen LogP contribution < -0.4 is 30.4 Å². The minimum absolute atomic E-state index is 0.0696. The first-order chi connectivity index (χ1) is 16.1. The Labute approximate surface area is 192 Å². The van der Waals surface area contributed by atoms with Crippen molar-refractivity contribution in [3.63, 3.8) is 0 Å². The van der Waals surface area contributed by atoms with Crippen molar-refractivity contribution in [1.29, 1.82) is 0 Å². The Balaban J connectivity index is 1.60. The zero-order valence-electron chi connectivity index (χ0n) is 18.8. The number of aromatic nitrogens is 2. The van der Waals surface area contributed by atoms with Gasteiger partial charge in [0.2, 0.25) is 5.52 Å². The summed E-state index contributed by atoms with van der Waals surface area (Å²) in [5.41, 5.74) is 8.10. The molecule has 0 aliphatic carbocycles. The minimum Gasteiger partial charge on any atom is -0.458 e. The SMILES string of the molecule is Cc1ccccc1-n1c(C)[n+](C)c2ccc3c(c21)Oc1cccc2c1B3c1ccccc1O2. The van der Waals surface area contributed by atoms with E-state index in [4.69, 9.17) is 9.47 Å². The number of hydrogen-bond donors (Lipinski definition) is 0. The van der Waals surface area contributed by atoms with Crippen molar-refractivity contribution in [3.8, 4) is 28.7 Å². The summed E-state index contributed by atoms with van der Waals surface area (Å²) in [6, 6.07) is 27.4. The number of imidazole rings is 1. The summed E-state index contributed by atoms with van der Waals surface area (Å²) in [5.74, 6) is 4.73. The molecule has 5 aromatic rings. The van der Waals surface area contributed by atoms with Crippen LogP contribution in [-0.4, -0.2) is 11.3 Å². The molecule has 0 bridgehead atoms. The maximum Gasteiger partial charge on any atom is 0.260 e. The molecular weight excluding hydrogens is 407 g/mol. The van der Waals surface area contributed by atoms with E-state index in [9.17, 15) is 0 Å². The second-order valence-electron chi connectivity index (χ2n) is 8.92. The average molecular weight is 429 g/mol. The molecule has 1 aromatic heterocycles. The van der Waals surface area contributed by atoms with Gasteiger partial charge in [-0.1, -0.05) is 48.5 Å². The number of rotatable bonds is 1. The van der Waals surface area contributed by atoms with E-state index in [-0.39, 0.29) is 6.71 Å². The number of benzene rings is 4. The Morgan fingerprint density at radius 1 is 0.727 bits per heavy atom. The fourth-order valence-electron chi connectivity index (χ4n) is 5.50. The highest BCUT2D eigenvalue weighted by Crippen LogP contribution is 2.38. The van der Waals surface area contributed by atoms with Gasteiger partial charge in [0.05, 0.1) is 7.05 Å². The monoisotopic (exact) mass is 429 g/mol. The van der Waals surface area contributed by atoms with Crippen molar-refractivity contribution in [2.75, 3.05) is 0 Å². The van der Waals surface area contributed by atoms with E-state index < -0.39 is 0 Å². The summed E-state index contributed by atoms with van der Waals surface area (Å²) in [5, 5.41) is 0. The number of para-hydroxylation sites is 2. The van der Waals surface area contributed by atoms with Crippen LogP contribution in [0, 0.1) is 13.8 Å². The van der Waals surface area contributed by atoms with Gasteiger partial charge in [-0.15, -0.1) is 0 Å². The lowest BCUT2D eigenvalue weighted by Crippen LogP contribution is -2.57. The molecule has 4 nitrogen and oxygen atoms in total. The largest absolute Gasteiger partial charge is 0.458 e. The first-order valence-electron chi connectivity index (χ1n) is 11.3. The molecule has 0 fully saturated rings. The molecule has 3 heterocycles. The molecule has 7 rings (SSSR count). The molecule has 158 valence electrons. The Kier molecular flexibility index (Phi) is 3.67. The van der Waals surface area contributed by atoms with Gasteiger partial charge in [0.1, 0.15) is 22.9 Å². The molecular formula is C28H22BN2O2+. The maximum absolute atomic E-state index is 6.71. The average Bonchev–Trinajstić information content (AvgIpc) is 3.09. The summed E-state index contributed by atoms with van der Waals surface area (Å²) >= 11 is 0. The molecule has 0 radical (unpaired) electrons. The molecule has 0 amide bonds. The third kappa shape index (κ3) is 2.39. The third-order valence-corrected chi connectivity index (χ3v) is 7.18. The van der Waals surface area contributed by atoms with Crippen LogP contribution in [0.1, 0.15) is 11.4 Å². The van der Waals surface area contributed by atoms with Crippen LogP contribution in [0.2, 0.25) is 0 Å². The Bertz CT molecular complexity index is 1620. The zero-order valence-corrected chi connectivity index (χ0v) is 18.8. The van der Waals surface area contributed by atoms with Crippen LogP contribution in [0.3, 0.4) is 0 Å². The summed E-state index contributed by atoms with van der Waals surface area (Å²) in [7, 11) is 2.12. The summed E-state index contributed by atoms with van der Waals surface area (Å²) in [6.07, 6.45) is 0. The molecule has 0 atom stereocenters. The molecule has 5 heteroatoms. The number of hydrogen-bond acceptors (Lipinski definition) is 2. The quantitative estimate of drug-likeness (QED) is 0.293. The Morgan fingerprint density at radius 2 is 1.45 bits per heavy atom. The third-order valence-electron chi connectivity index (χ3n) is 7.18. The van der Waals surface area contributed by atoms with Gasteiger partial charge in [0, 0.05) is 12.4 Å². The highest BCUT2D eigenvalue weighted by Gasteiger charge is 2.42. The summed E-state index contributed by atoms with van der Waals surface area (Å²) in [4.78, 5) is 0. The van der Waals surface area contributed by atoms with Gasteiger partial charge >= 0.3 is 0 Å². The molecule has 2 aliphatic heterocycles. The van der Waals surface area contributed by atoms with Gasteiger partial charge in [-0.3, -0.25) is 0 Å². The first kappa shape index (κ1) is 18.6. The molecule has 33 heavy (non-hydrogen) atoms. The van der Waals surface area contributed by atoms with Crippen molar-refractivity contribution in [3.05, 3.63) is 90.3 Å². The highest BCUT2D eigenvalue weighted by molar-refractivity contribution is 6.98. The molecule has 4 aromatic carbocycles. The lowest BCUT2D eigenvalue weighted by molar-refractivity contribution is -0.652. The second kappa shape index (κ2) is 6.52. The second-order valence-corrected chi connectivity index (χ2v) is 8.92. The van der Waals surface area contributed by atoms with Crippen LogP contribution in [-0.2, 0) is 7.05 Å². The van der Waals surface area contributed by atoms with Crippen LogP contribution >= 0.6 is 0 Å². The standard InChI is InChI=1S/C28H22BN2O2/c1-17-9-4-6-11-21(17)31-18(2)30(3)22-16-15-20-28(27(22)31)33-25-14-8-13-24-26(25)29(20)19-10-5-7-12-23(19)32-24/h4-16H,1-3H3/q+1. The number of ether oxygens (including phenoxy) is 2. The molecule has 0 saturated carbocycles. The van der Waals surface area contributed by atoms with Crippen molar-refractivity contribution in [2.24, 2.45) is 7.05 Å². The van der Waals surface area contributed by atoms with Crippen LogP contribution in [0.15, 0.2) is 78.9 Å². The van der Waals surface area contributed by atoms with E-state index >= 15 is 0 Å².